The third-order valence-corrected chi connectivity index (χ3v) is 4.61. The number of nitrogens with one attached hydrogen (secondary N) is 1. The van der Waals surface area contributed by atoms with E-state index in [1.165, 1.54) is 0 Å². The van der Waals surface area contributed by atoms with Crippen molar-refractivity contribution in [3.8, 4) is 17.2 Å². The number of benzene rings is 2. The summed E-state index contributed by atoms with van der Waals surface area (Å²) in [5.74, 6) is 2.64. The minimum Gasteiger partial charge on any atom is -0.496 e. The molecule has 146 valence electrons. The van der Waals surface area contributed by atoms with Crippen LogP contribution in [0.4, 0.5) is 0 Å². The van der Waals surface area contributed by atoms with E-state index >= 15 is 0 Å². The largest absolute Gasteiger partial charge is 0.496 e. The molecule has 6 heteroatoms. The second kappa shape index (κ2) is 8.61. The van der Waals surface area contributed by atoms with E-state index < -0.39 is 0 Å². The number of amides is 1. The van der Waals surface area contributed by atoms with Gasteiger partial charge < -0.3 is 19.5 Å². The van der Waals surface area contributed by atoms with E-state index in [4.69, 9.17) is 14.2 Å². The van der Waals surface area contributed by atoms with Gasteiger partial charge in [-0.3, -0.25) is 4.79 Å². The molecule has 0 spiro atoms. The van der Waals surface area contributed by atoms with Gasteiger partial charge >= 0.3 is 0 Å². The molecule has 0 fully saturated rings. The summed E-state index contributed by atoms with van der Waals surface area (Å²) in [6.07, 6.45) is 3.04. The van der Waals surface area contributed by atoms with E-state index in [1.807, 2.05) is 43.3 Å². The number of carbonyl (C=O) groups excluding carboxylic acids is 1. The summed E-state index contributed by atoms with van der Waals surface area (Å²) in [5.41, 5.74) is 3.12. The quantitative estimate of drug-likeness (QED) is 0.746. The molecule has 0 saturated carbocycles. The average Bonchev–Trinajstić information content (AvgIpc) is 3.06. The number of aliphatic imine (C=N–C) groups is 1. The molecule has 2 aromatic rings. The summed E-state index contributed by atoms with van der Waals surface area (Å²) in [6, 6.07) is 11.6. The third-order valence-electron chi connectivity index (χ3n) is 4.61. The smallest absolute Gasteiger partial charge is 0.275 e. The van der Waals surface area contributed by atoms with Crippen molar-refractivity contribution in [1.82, 2.24) is 5.32 Å². The maximum atomic E-state index is 12.4. The Balaban J connectivity index is 1.82. The zero-order chi connectivity index (χ0) is 20.1. The number of ether oxygens (including phenoxy) is 3. The number of rotatable bonds is 7. The highest BCUT2D eigenvalue weighted by molar-refractivity contribution is 6.14. The van der Waals surface area contributed by atoms with Crippen LogP contribution < -0.4 is 19.5 Å². The van der Waals surface area contributed by atoms with Crippen LogP contribution in [0.15, 0.2) is 47.1 Å². The van der Waals surface area contributed by atoms with Crippen LogP contribution in [0.5, 0.6) is 17.2 Å². The summed E-state index contributed by atoms with van der Waals surface area (Å²) >= 11 is 0. The van der Waals surface area contributed by atoms with E-state index in [1.54, 1.807) is 27.4 Å². The fourth-order valence-electron chi connectivity index (χ4n) is 3.13. The van der Waals surface area contributed by atoms with Crippen LogP contribution in [0, 0.1) is 6.92 Å². The first-order valence-corrected chi connectivity index (χ1v) is 9.00. The van der Waals surface area contributed by atoms with Gasteiger partial charge in [-0.05, 0) is 48.7 Å². The minimum absolute atomic E-state index is 0.225. The van der Waals surface area contributed by atoms with Gasteiger partial charge in [0, 0.05) is 12.0 Å². The van der Waals surface area contributed by atoms with Gasteiger partial charge in [-0.25, -0.2) is 4.99 Å². The van der Waals surface area contributed by atoms with Gasteiger partial charge in [0.05, 0.1) is 21.3 Å². The van der Waals surface area contributed by atoms with Crippen LogP contribution in [-0.4, -0.2) is 33.1 Å². The Morgan fingerprint density at radius 3 is 2.39 bits per heavy atom. The molecule has 0 aromatic heterocycles. The number of hydrogen-bond acceptors (Lipinski definition) is 5. The van der Waals surface area contributed by atoms with E-state index in [-0.39, 0.29) is 5.91 Å². The molecule has 28 heavy (non-hydrogen) atoms. The lowest BCUT2D eigenvalue weighted by Crippen LogP contribution is -2.24. The number of nitrogens with zero attached hydrogens (tertiary/aromatic N) is 1. The maximum Gasteiger partial charge on any atom is 0.275 e. The summed E-state index contributed by atoms with van der Waals surface area (Å²) in [6.45, 7) is 1.94. The molecule has 6 nitrogen and oxygen atoms in total. The van der Waals surface area contributed by atoms with Crippen molar-refractivity contribution >= 4 is 17.8 Å². The normalized spacial score (nSPS) is 14.6. The SMILES string of the molecule is COc1cc(/C=C2/N=C(CCc3ccccc3OC)NC2=O)c(OC)cc1C. The second-order valence-electron chi connectivity index (χ2n) is 6.42. The molecule has 0 atom stereocenters. The third kappa shape index (κ3) is 4.17. The first-order valence-electron chi connectivity index (χ1n) is 9.00. The first-order chi connectivity index (χ1) is 13.5. The Bertz CT molecular complexity index is 948. The van der Waals surface area contributed by atoms with Gasteiger partial charge in [0.2, 0.25) is 0 Å². The van der Waals surface area contributed by atoms with Crippen molar-refractivity contribution in [2.24, 2.45) is 4.99 Å². The number of amidine groups is 1. The molecular formula is C22H24N2O4. The van der Waals surface area contributed by atoms with Crippen molar-refractivity contribution in [3.05, 3.63) is 58.8 Å². The van der Waals surface area contributed by atoms with E-state index in [0.29, 0.717) is 23.7 Å². The topological polar surface area (TPSA) is 69.2 Å². The number of hydrogen-bond donors (Lipinski definition) is 1. The molecular weight excluding hydrogens is 356 g/mol. The molecule has 0 bridgehead atoms. The molecule has 1 heterocycles. The summed E-state index contributed by atoms with van der Waals surface area (Å²) in [5, 5.41) is 2.84. The van der Waals surface area contributed by atoms with Crippen LogP contribution in [0.1, 0.15) is 23.1 Å². The minimum atomic E-state index is -0.225. The van der Waals surface area contributed by atoms with Gasteiger partial charge in [0.15, 0.2) is 0 Å². The van der Waals surface area contributed by atoms with Crippen molar-refractivity contribution in [3.63, 3.8) is 0 Å². The number of para-hydroxylation sites is 1. The van der Waals surface area contributed by atoms with Crippen LogP contribution in [-0.2, 0) is 11.2 Å². The highest BCUT2D eigenvalue weighted by Gasteiger charge is 2.21. The predicted molar refractivity (Wildman–Crippen MR) is 109 cm³/mol. The number of methoxy groups -OCH3 is 3. The van der Waals surface area contributed by atoms with E-state index in [0.717, 1.165) is 34.6 Å². The highest BCUT2D eigenvalue weighted by Crippen LogP contribution is 2.30. The predicted octanol–water partition coefficient (Wildman–Crippen LogP) is 3.52. The summed E-state index contributed by atoms with van der Waals surface area (Å²) in [7, 11) is 4.86. The van der Waals surface area contributed by atoms with Crippen molar-refractivity contribution in [2.45, 2.75) is 19.8 Å². The summed E-state index contributed by atoms with van der Waals surface area (Å²) < 4.78 is 16.2. The number of carbonyl (C=O) groups is 1. The van der Waals surface area contributed by atoms with Gasteiger partial charge in [0.1, 0.15) is 28.8 Å². The van der Waals surface area contributed by atoms with Crippen molar-refractivity contribution in [2.75, 3.05) is 21.3 Å². The number of aryl methyl sites for hydroxylation is 2. The fourth-order valence-corrected chi connectivity index (χ4v) is 3.13. The Kier molecular flexibility index (Phi) is 5.99. The fraction of sp³-hybridized carbons (Fsp3) is 0.273. The van der Waals surface area contributed by atoms with Crippen LogP contribution in [0.25, 0.3) is 6.08 Å². The molecule has 0 radical (unpaired) electrons. The highest BCUT2D eigenvalue weighted by atomic mass is 16.5. The van der Waals surface area contributed by atoms with Gasteiger partial charge in [-0.15, -0.1) is 0 Å². The van der Waals surface area contributed by atoms with Gasteiger partial charge in [-0.1, -0.05) is 18.2 Å². The standard InChI is InChI=1S/C22H24N2O4/c1-14-11-20(28-4)16(13-19(14)27-3)12-17-22(25)24-21(23-17)10-9-15-7-5-6-8-18(15)26-2/h5-8,11-13H,9-10H2,1-4H3,(H,23,24,25)/b17-12+. The average molecular weight is 380 g/mol. The Morgan fingerprint density at radius 1 is 0.964 bits per heavy atom. The molecule has 2 aromatic carbocycles. The van der Waals surface area contributed by atoms with Crippen LogP contribution in [0.3, 0.4) is 0 Å². The first kappa shape index (κ1) is 19.5. The monoisotopic (exact) mass is 380 g/mol. The second-order valence-corrected chi connectivity index (χ2v) is 6.42. The molecule has 1 aliphatic heterocycles. The molecule has 0 aliphatic carbocycles. The zero-order valence-electron chi connectivity index (χ0n) is 16.5. The molecule has 0 unspecified atom stereocenters. The van der Waals surface area contributed by atoms with E-state index in [9.17, 15) is 4.79 Å². The van der Waals surface area contributed by atoms with Gasteiger partial charge in [-0.2, -0.15) is 0 Å². The lowest BCUT2D eigenvalue weighted by Gasteiger charge is -2.10. The Labute approximate surface area is 164 Å². The molecule has 1 N–H and O–H groups in total. The molecule has 1 aliphatic rings. The van der Waals surface area contributed by atoms with E-state index in [2.05, 4.69) is 10.3 Å². The van der Waals surface area contributed by atoms with Crippen LogP contribution in [0.2, 0.25) is 0 Å². The maximum absolute atomic E-state index is 12.4. The molecule has 3 rings (SSSR count). The van der Waals surface area contributed by atoms with Crippen LogP contribution >= 0.6 is 0 Å². The Morgan fingerprint density at radius 2 is 1.68 bits per heavy atom. The zero-order valence-corrected chi connectivity index (χ0v) is 16.5. The van der Waals surface area contributed by atoms with Crippen molar-refractivity contribution < 1.29 is 19.0 Å². The molecule has 0 saturated heterocycles. The van der Waals surface area contributed by atoms with Crippen molar-refractivity contribution in [1.29, 1.82) is 0 Å². The molecule has 1 amide bonds. The Hall–Kier alpha value is -3.28. The lowest BCUT2D eigenvalue weighted by molar-refractivity contribution is -0.115. The summed E-state index contributed by atoms with van der Waals surface area (Å²) in [4.78, 5) is 16.8. The lowest BCUT2D eigenvalue weighted by atomic mass is 10.1. The van der Waals surface area contributed by atoms with Gasteiger partial charge in [0.25, 0.3) is 5.91 Å².